The molecule has 13 heavy (non-hydrogen) atoms. The molecular formula is C9H19ClN2O. The van der Waals surface area contributed by atoms with Gasteiger partial charge in [-0.15, -0.1) is 0 Å². The molecular weight excluding hydrogens is 188 g/mol. The van der Waals surface area contributed by atoms with Gasteiger partial charge in [0, 0.05) is 6.42 Å². The second-order valence-corrected chi connectivity index (χ2v) is 3.75. The maximum atomic E-state index is 11.0. The fourth-order valence-corrected chi connectivity index (χ4v) is 1.07. The van der Waals surface area contributed by atoms with Crippen LogP contribution in [0.25, 0.3) is 0 Å². The molecule has 0 bridgehead atoms. The van der Waals surface area contributed by atoms with Gasteiger partial charge >= 0.3 is 0 Å². The van der Waals surface area contributed by atoms with E-state index >= 15 is 0 Å². The van der Waals surface area contributed by atoms with Gasteiger partial charge in [-0.3, -0.25) is 4.79 Å². The number of quaternary nitrogens is 1. The van der Waals surface area contributed by atoms with E-state index < -0.39 is 0 Å². The molecule has 0 aliphatic heterocycles. The monoisotopic (exact) mass is 206 g/mol. The summed E-state index contributed by atoms with van der Waals surface area (Å²) >= 11 is 0. The predicted molar refractivity (Wildman–Crippen MR) is 50.5 cm³/mol. The number of halogens is 1. The molecule has 1 atom stereocenters. The standard InChI is InChI=1S/C9H18N2O.ClH/c1-6-8(11(3,4)5)10-9(12)7-2;/h7-8H,2,6H2,1,3-5H3;1H. The van der Waals surface area contributed by atoms with Crippen LogP contribution in [0.4, 0.5) is 0 Å². The molecule has 0 aliphatic rings. The molecule has 0 spiro atoms. The fourth-order valence-electron chi connectivity index (χ4n) is 1.07. The van der Waals surface area contributed by atoms with Crippen LogP contribution in [0.1, 0.15) is 13.3 Å². The summed E-state index contributed by atoms with van der Waals surface area (Å²) in [5, 5.41) is 2.87. The lowest BCUT2D eigenvalue weighted by Crippen LogP contribution is -3.00. The molecule has 0 aromatic rings. The van der Waals surface area contributed by atoms with Crippen LogP contribution in [0.3, 0.4) is 0 Å². The van der Waals surface area contributed by atoms with Crippen LogP contribution in [0.2, 0.25) is 0 Å². The first-order chi connectivity index (χ1) is 5.41. The van der Waals surface area contributed by atoms with E-state index in [1.807, 2.05) is 0 Å². The Morgan fingerprint density at radius 1 is 1.54 bits per heavy atom. The van der Waals surface area contributed by atoms with Crippen LogP contribution in [-0.2, 0) is 4.79 Å². The lowest BCUT2D eigenvalue weighted by Gasteiger charge is -2.33. The van der Waals surface area contributed by atoms with Gasteiger partial charge in [-0.05, 0) is 6.08 Å². The van der Waals surface area contributed by atoms with Crippen LogP contribution in [0, 0.1) is 0 Å². The smallest absolute Gasteiger partial charge is 0.247 e. The van der Waals surface area contributed by atoms with Crippen molar-refractivity contribution in [1.29, 1.82) is 0 Å². The van der Waals surface area contributed by atoms with Crippen molar-refractivity contribution >= 4 is 5.91 Å². The first-order valence-corrected chi connectivity index (χ1v) is 4.15. The second kappa shape index (κ2) is 6.00. The van der Waals surface area contributed by atoms with Crippen molar-refractivity contribution in [1.82, 2.24) is 5.32 Å². The lowest BCUT2D eigenvalue weighted by atomic mass is 10.3. The number of rotatable bonds is 4. The minimum absolute atomic E-state index is 0. The number of carbonyl (C=O) groups is 1. The number of carbonyl (C=O) groups excluding carboxylic acids is 1. The van der Waals surface area contributed by atoms with Gasteiger partial charge in [0.25, 0.3) is 0 Å². The van der Waals surface area contributed by atoms with Gasteiger partial charge in [0.15, 0.2) is 6.17 Å². The van der Waals surface area contributed by atoms with Crippen LogP contribution in [0.5, 0.6) is 0 Å². The Bertz CT molecular complexity index is 175. The van der Waals surface area contributed by atoms with Gasteiger partial charge in [-0.1, -0.05) is 13.5 Å². The molecule has 0 aromatic heterocycles. The summed E-state index contributed by atoms with van der Waals surface area (Å²) in [5.41, 5.74) is 0. The summed E-state index contributed by atoms with van der Waals surface area (Å²) in [6.45, 7) is 5.46. The largest absolute Gasteiger partial charge is 1.00 e. The van der Waals surface area contributed by atoms with E-state index in [1.165, 1.54) is 6.08 Å². The Hall–Kier alpha value is -0.540. The van der Waals surface area contributed by atoms with Crippen LogP contribution < -0.4 is 17.7 Å². The molecule has 1 unspecified atom stereocenters. The van der Waals surface area contributed by atoms with Crippen molar-refractivity contribution in [2.75, 3.05) is 21.1 Å². The Morgan fingerprint density at radius 3 is 2.23 bits per heavy atom. The van der Waals surface area contributed by atoms with Gasteiger partial charge in [0.05, 0.1) is 21.1 Å². The number of hydrogen-bond donors (Lipinski definition) is 1. The molecule has 0 fully saturated rings. The van der Waals surface area contributed by atoms with Gasteiger partial charge in [-0.2, -0.15) is 0 Å². The highest BCUT2D eigenvalue weighted by Gasteiger charge is 2.22. The van der Waals surface area contributed by atoms with E-state index in [0.29, 0.717) is 0 Å². The minimum atomic E-state index is -0.102. The van der Waals surface area contributed by atoms with Crippen LogP contribution >= 0.6 is 0 Å². The molecule has 3 nitrogen and oxygen atoms in total. The SMILES string of the molecule is C=CC(=O)NC(CC)[N+](C)(C)C.[Cl-]. The van der Waals surface area contributed by atoms with Gasteiger partial charge < -0.3 is 22.2 Å². The summed E-state index contributed by atoms with van der Waals surface area (Å²) in [5.74, 6) is -0.102. The predicted octanol–water partition coefficient (Wildman–Crippen LogP) is -2.27. The third-order valence-corrected chi connectivity index (χ3v) is 1.82. The quantitative estimate of drug-likeness (QED) is 0.314. The third-order valence-electron chi connectivity index (χ3n) is 1.82. The van der Waals surface area contributed by atoms with Crippen molar-refractivity contribution < 1.29 is 21.7 Å². The molecule has 0 aliphatic carbocycles. The minimum Gasteiger partial charge on any atom is -1.00 e. The van der Waals surface area contributed by atoms with E-state index in [4.69, 9.17) is 0 Å². The van der Waals surface area contributed by atoms with Gasteiger partial charge in [0.1, 0.15) is 0 Å². The first kappa shape index (κ1) is 15.0. The third kappa shape index (κ3) is 5.66. The fraction of sp³-hybridized carbons (Fsp3) is 0.667. The molecule has 1 amide bonds. The second-order valence-electron chi connectivity index (χ2n) is 3.75. The highest BCUT2D eigenvalue weighted by atomic mass is 35.5. The number of hydrogen-bond acceptors (Lipinski definition) is 1. The maximum absolute atomic E-state index is 11.0. The number of nitrogens with zero attached hydrogens (tertiary/aromatic N) is 1. The van der Waals surface area contributed by atoms with E-state index in [1.54, 1.807) is 0 Å². The van der Waals surface area contributed by atoms with E-state index in [0.717, 1.165) is 10.9 Å². The summed E-state index contributed by atoms with van der Waals surface area (Å²) in [6.07, 6.45) is 2.39. The Kier molecular flexibility index (Phi) is 6.90. The summed E-state index contributed by atoms with van der Waals surface area (Å²) in [4.78, 5) is 11.0. The Labute approximate surface area is 86.8 Å². The van der Waals surface area contributed by atoms with E-state index in [9.17, 15) is 4.79 Å². The first-order valence-electron chi connectivity index (χ1n) is 4.15. The average molecular weight is 207 g/mol. The normalized spacial score (nSPS) is 12.6. The number of amides is 1. The molecule has 0 heterocycles. The van der Waals surface area contributed by atoms with Crippen molar-refractivity contribution in [3.05, 3.63) is 12.7 Å². The lowest BCUT2D eigenvalue weighted by molar-refractivity contribution is -0.898. The van der Waals surface area contributed by atoms with Gasteiger partial charge in [0.2, 0.25) is 5.91 Å². The Balaban J connectivity index is 0. The zero-order valence-corrected chi connectivity index (χ0v) is 9.56. The Morgan fingerprint density at radius 2 is 2.00 bits per heavy atom. The molecule has 0 saturated heterocycles. The summed E-state index contributed by atoms with van der Waals surface area (Å²) in [6, 6.07) is 0. The highest BCUT2D eigenvalue weighted by molar-refractivity contribution is 5.86. The van der Waals surface area contributed by atoms with E-state index in [2.05, 4.69) is 40.0 Å². The molecule has 0 rings (SSSR count). The van der Waals surface area contributed by atoms with Crippen molar-refractivity contribution in [2.45, 2.75) is 19.5 Å². The zero-order chi connectivity index (χ0) is 9.78. The average Bonchev–Trinajstić information content (AvgIpc) is 1.97. The van der Waals surface area contributed by atoms with Crippen LogP contribution in [0.15, 0.2) is 12.7 Å². The molecule has 0 aromatic carbocycles. The maximum Gasteiger partial charge on any atom is 0.247 e. The zero-order valence-electron chi connectivity index (χ0n) is 8.80. The van der Waals surface area contributed by atoms with Crippen LogP contribution in [-0.4, -0.2) is 37.7 Å². The van der Waals surface area contributed by atoms with Crippen molar-refractivity contribution in [3.63, 3.8) is 0 Å². The molecule has 0 saturated carbocycles. The molecule has 1 N–H and O–H groups in total. The highest BCUT2D eigenvalue weighted by Crippen LogP contribution is 2.03. The molecule has 4 heteroatoms. The topological polar surface area (TPSA) is 29.1 Å². The molecule has 0 radical (unpaired) electrons. The van der Waals surface area contributed by atoms with Gasteiger partial charge in [-0.25, -0.2) is 0 Å². The number of nitrogens with one attached hydrogen (secondary N) is 1. The summed E-state index contributed by atoms with van der Waals surface area (Å²) < 4.78 is 0.732. The molecule has 78 valence electrons. The van der Waals surface area contributed by atoms with E-state index in [-0.39, 0.29) is 24.5 Å². The summed E-state index contributed by atoms with van der Waals surface area (Å²) in [7, 11) is 6.16. The van der Waals surface area contributed by atoms with Crippen molar-refractivity contribution in [3.8, 4) is 0 Å². The van der Waals surface area contributed by atoms with Crippen molar-refractivity contribution in [2.24, 2.45) is 0 Å².